The summed E-state index contributed by atoms with van der Waals surface area (Å²) in [5.74, 6) is 0. The molecule has 0 aromatic heterocycles. The van der Waals surface area contributed by atoms with Crippen LogP contribution in [0.1, 0.15) is 48.5 Å². The van der Waals surface area contributed by atoms with Gasteiger partial charge in [0.1, 0.15) is 6.67 Å². The maximum Gasteiger partial charge on any atom is 0.136 e. The van der Waals surface area contributed by atoms with Gasteiger partial charge in [-0.1, -0.05) is 0 Å². The van der Waals surface area contributed by atoms with Gasteiger partial charge in [-0.25, -0.2) is 4.90 Å². The van der Waals surface area contributed by atoms with Crippen LogP contribution in [-0.2, 0) is 0 Å². The molecule has 0 bridgehead atoms. The quantitative estimate of drug-likeness (QED) is 0.638. The van der Waals surface area contributed by atoms with Crippen molar-refractivity contribution >= 4 is 0 Å². The number of rotatable bonds is 2. The van der Waals surface area contributed by atoms with Crippen molar-refractivity contribution in [2.24, 2.45) is 0 Å². The van der Waals surface area contributed by atoms with Crippen LogP contribution >= 0.6 is 0 Å². The molecule has 0 radical (unpaired) electrons. The molecule has 0 aromatic rings. The lowest BCUT2D eigenvalue weighted by Crippen LogP contribution is -2.51. The van der Waals surface area contributed by atoms with Crippen LogP contribution in [0.2, 0.25) is 0 Å². The molecule has 0 amide bonds. The minimum Gasteiger partial charge on any atom is -0.310 e. The molecule has 0 saturated carbocycles. The Morgan fingerprint density at radius 3 is 1.80 bits per heavy atom. The highest BCUT2D eigenvalue weighted by molar-refractivity contribution is 4.92. The lowest BCUT2D eigenvalue weighted by atomic mass is 9.97. The van der Waals surface area contributed by atoms with Gasteiger partial charge in [0.25, 0.3) is 0 Å². The summed E-state index contributed by atoms with van der Waals surface area (Å²) in [5.41, 5.74) is 0.623. The molecule has 0 atom stereocenters. The lowest BCUT2D eigenvalue weighted by molar-refractivity contribution is -0.919. The second kappa shape index (κ2) is 3.74. The molecule has 1 aliphatic heterocycles. The Morgan fingerprint density at radius 1 is 1.13 bits per heavy atom. The van der Waals surface area contributed by atoms with Crippen molar-refractivity contribution in [3.63, 3.8) is 0 Å². The minimum atomic E-state index is 0.286. The Kier molecular flexibility index (Phi) is 3.24. The van der Waals surface area contributed by atoms with Crippen molar-refractivity contribution in [2.45, 2.75) is 59.5 Å². The van der Waals surface area contributed by atoms with E-state index >= 15 is 0 Å². The fourth-order valence-electron chi connectivity index (χ4n) is 3.21. The fourth-order valence-corrected chi connectivity index (χ4v) is 3.21. The normalized spacial score (nSPS) is 25.8. The summed E-state index contributed by atoms with van der Waals surface area (Å²) >= 11 is 0. The first-order valence-electron chi connectivity index (χ1n) is 6.30. The van der Waals surface area contributed by atoms with Crippen LogP contribution in [0.15, 0.2) is 0 Å². The molecule has 0 spiro atoms. The van der Waals surface area contributed by atoms with Crippen LogP contribution in [0, 0.1) is 0 Å². The number of nitrogens with zero attached hydrogens (tertiary/aromatic N) is 2. The van der Waals surface area contributed by atoms with E-state index in [-0.39, 0.29) is 5.54 Å². The van der Waals surface area contributed by atoms with Gasteiger partial charge in [0.15, 0.2) is 0 Å². The zero-order valence-electron chi connectivity index (χ0n) is 11.7. The zero-order chi connectivity index (χ0) is 11.9. The Morgan fingerprint density at radius 2 is 1.60 bits per heavy atom. The highest BCUT2D eigenvalue weighted by Crippen LogP contribution is 2.35. The second-order valence-electron chi connectivity index (χ2n) is 6.68. The van der Waals surface area contributed by atoms with E-state index in [1.807, 2.05) is 0 Å². The van der Waals surface area contributed by atoms with Crippen molar-refractivity contribution in [1.82, 2.24) is 4.90 Å². The molecule has 1 rings (SSSR count). The van der Waals surface area contributed by atoms with Crippen molar-refractivity contribution in [2.75, 3.05) is 26.3 Å². The van der Waals surface area contributed by atoms with Crippen LogP contribution in [0.25, 0.3) is 0 Å². The van der Waals surface area contributed by atoms with Crippen LogP contribution in [-0.4, -0.2) is 46.8 Å². The Hall–Kier alpha value is -0.0800. The van der Waals surface area contributed by atoms with E-state index < -0.39 is 0 Å². The first kappa shape index (κ1) is 13.0. The summed E-state index contributed by atoms with van der Waals surface area (Å²) in [6, 6.07) is 0. The number of likely N-dealkylation sites (N-methyl/N-ethyl adjacent to an activating group) is 1. The molecule has 1 aliphatic rings. The minimum absolute atomic E-state index is 0.286. The summed E-state index contributed by atoms with van der Waals surface area (Å²) in [7, 11) is 0. The molecule has 1 fully saturated rings. The highest BCUT2D eigenvalue weighted by atomic mass is 15.5. The Balaban J connectivity index is 2.95. The maximum absolute atomic E-state index is 2.67. The highest BCUT2D eigenvalue weighted by Gasteiger charge is 2.50. The van der Waals surface area contributed by atoms with Crippen LogP contribution < -0.4 is 0 Å². The van der Waals surface area contributed by atoms with Gasteiger partial charge in [-0.15, -0.1) is 0 Å². The van der Waals surface area contributed by atoms with Crippen LogP contribution in [0.5, 0.6) is 0 Å². The van der Waals surface area contributed by atoms with Gasteiger partial charge < -0.3 is 4.48 Å². The first-order valence-corrected chi connectivity index (χ1v) is 6.30. The number of quaternary nitrogens is 1. The third-order valence-electron chi connectivity index (χ3n) is 4.05. The summed E-state index contributed by atoms with van der Waals surface area (Å²) < 4.78 is 1.25. The van der Waals surface area contributed by atoms with Crippen molar-refractivity contribution in [3.05, 3.63) is 0 Å². The average molecular weight is 213 g/mol. The van der Waals surface area contributed by atoms with E-state index in [9.17, 15) is 0 Å². The van der Waals surface area contributed by atoms with E-state index in [0.717, 1.165) is 0 Å². The molecule has 15 heavy (non-hydrogen) atoms. The van der Waals surface area contributed by atoms with E-state index in [2.05, 4.69) is 53.4 Å². The Bertz CT molecular complexity index is 221. The van der Waals surface area contributed by atoms with Gasteiger partial charge in [0, 0.05) is 5.54 Å². The number of hydrogen-bond acceptors (Lipinski definition) is 1. The first-order chi connectivity index (χ1) is 6.67. The second-order valence-corrected chi connectivity index (χ2v) is 6.68. The third-order valence-corrected chi connectivity index (χ3v) is 4.05. The molecule has 2 nitrogen and oxygen atoms in total. The Labute approximate surface area is 95.8 Å². The summed E-state index contributed by atoms with van der Waals surface area (Å²) in [6.45, 7) is 21.4. The molecule has 0 aliphatic carbocycles. The fraction of sp³-hybridized carbons (Fsp3) is 1.00. The molecular formula is C13H29N2+. The van der Waals surface area contributed by atoms with Gasteiger partial charge in [0.2, 0.25) is 0 Å². The third kappa shape index (κ3) is 2.36. The molecule has 1 heterocycles. The monoisotopic (exact) mass is 213 g/mol. The van der Waals surface area contributed by atoms with E-state index in [0.29, 0.717) is 5.54 Å². The standard InChI is InChI=1S/C13H29N2/c1-8-15(9-2)10-13(6,7)14(11-15)12(3,4)5/h8-11H2,1-7H3/q+1. The number of hydrogen-bond donors (Lipinski definition) is 0. The summed E-state index contributed by atoms with van der Waals surface area (Å²) in [5, 5.41) is 0. The lowest BCUT2D eigenvalue weighted by Gasteiger charge is -2.38. The zero-order valence-corrected chi connectivity index (χ0v) is 11.7. The van der Waals surface area contributed by atoms with Gasteiger partial charge in [-0.3, -0.25) is 0 Å². The molecule has 1 saturated heterocycles. The smallest absolute Gasteiger partial charge is 0.136 e. The van der Waals surface area contributed by atoms with E-state index in [1.165, 1.54) is 30.8 Å². The predicted molar refractivity (Wildman–Crippen MR) is 66.7 cm³/mol. The van der Waals surface area contributed by atoms with Crippen LogP contribution in [0.4, 0.5) is 0 Å². The molecule has 0 unspecified atom stereocenters. The largest absolute Gasteiger partial charge is 0.310 e. The molecule has 90 valence electrons. The van der Waals surface area contributed by atoms with Gasteiger partial charge in [-0.2, -0.15) is 0 Å². The molecular weight excluding hydrogens is 184 g/mol. The van der Waals surface area contributed by atoms with Gasteiger partial charge >= 0.3 is 0 Å². The molecule has 2 heteroatoms. The van der Waals surface area contributed by atoms with Crippen molar-refractivity contribution in [3.8, 4) is 0 Å². The van der Waals surface area contributed by atoms with E-state index in [1.54, 1.807) is 0 Å². The van der Waals surface area contributed by atoms with E-state index in [4.69, 9.17) is 0 Å². The molecule has 0 N–H and O–H groups in total. The average Bonchev–Trinajstić information content (AvgIpc) is 2.37. The van der Waals surface area contributed by atoms with Crippen LogP contribution in [0.3, 0.4) is 0 Å². The topological polar surface area (TPSA) is 3.24 Å². The van der Waals surface area contributed by atoms with Gasteiger partial charge in [0.05, 0.1) is 25.2 Å². The van der Waals surface area contributed by atoms with Crippen molar-refractivity contribution in [1.29, 1.82) is 0 Å². The maximum atomic E-state index is 2.67. The predicted octanol–water partition coefficient (Wildman–Crippen LogP) is 2.69. The SMILES string of the molecule is CC[N+]1(CC)CN(C(C)(C)C)C(C)(C)C1. The molecule has 0 aromatic carbocycles. The van der Waals surface area contributed by atoms with Gasteiger partial charge in [-0.05, 0) is 48.5 Å². The summed E-state index contributed by atoms with van der Waals surface area (Å²) in [4.78, 5) is 2.67. The summed E-state index contributed by atoms with van der Waals surface area (Å²) in [6.07, 6.45) is 0. The van der Waals surface area contributed by atoms with Crippen molar-refractivity contribution < 1.29 is 4.48 Å².